The maximum atomic E-state index is 11.4. The Labute approximate surface area is 132 Å². The average Bonchev–Trinajstić information content (AvgIpc) is 2.93. The molecule has 0 saturated heterocycles. The molecule has 0 amide bonds. The number of fused-ring (bicyclic) bond motifs is 1. The number of carbonyl (C=O) groups is 1. The van der Waals surface area contributed by atoms with Gasteiger partial charge in [-0.05, 0) is 24.3 Å². The largest absolute Gasteiger partial charge is 0.466 e. The first-order chi connectivity index (χ1) is 10.7. The number of halogens is 1. The van der Waals surface area contributed by atoms with E-state index in [1.165, 1.54) is 13.2 Å². The second kappa shape index (κ2) is 6.03. The molecule has 0 aliphatic rings. The van der Waals surface area contributed by atoms with Crippen LogP contribution in [-0.2, 0) is 9.53 Å². The van der Waals surface area contributed by atoms with E-state index in [4.69, 9.17) is 11.6 Å². The molecule has 4 nitrogen and oxygen atoms in total. The summed E-state index contributed by atoms with van der Waals surface area (Å²) in [6.45, 7) is 0. The molecular weight excluding hydrogens is 300 g/mol. The summed E-state index contributed by atoms with van der Waals surface area (Å²) < 4.78 is 4.65. The van der Waals surface area contributed by atoms with Gasteiger partial charge >= 0.3 is 5.97 Å². The zero-order chi connectivity index (χ0) is 15.5. The summed E-state index contributed by atoms with van der Waals surface area (Å²) in [7, 11) is 1.35. The van der Waals surface area contributed by atoms with Crippen molar-refractivity contribution in [3.8, 4) is 11.4 Å². The molecule has 0 saturated carbocycles. The van der Waals surface area contributed by atoms with Crippen molar-refractivity contribution in [2.45, 2.75) is 0 Å². The number of para-hydroxylation sites is 1. The van der Waals surface area contributed by atoms with Gasteiger partial charge in [0, 0.05) is 23.2 Å². The molecule has 1 N–H and O–H groups in total. The first-order valence-corrected chi connectivity index (χ1v) is 7.06. The molecule has 5 heteroatoms. The monoisotopic (exact) mass is 312 g/mol. The van der Waals surface area contributed by atoms with Crippen LogP contribution >= 0.6 is 11.6 Å². The number of aromatic amines is 1. The van der Waals surface area contributed by atoms with Crippen molar-refractivity contribution in [1.82, 2.24) is 9.97 Å². The minimum Gasteiger partial charge on any atom is -0.466 e. The van der Waals surface area contributed by atoms with Crippen LogP contribution in [0.5, 0.6) is 0 Å². The van der Waals surface area contributed by atoms with Crippen LogP contribution in [0.4, 0.5) is 0 Å². The third kappa shape index (κ3) is 2.61. The fourth-order valence-corrected chi connectivity index (χ4v) is 2.53. The molecule has 22 heavy (non-hydrogen) atoms. The van der Waals surface area contributed by atoms with Crippen molar-refractivity contribution in [1.29, 1.82) is 0 Å². The van der Waals surface area contributed by atoms with E-state index in [1.54, 1.807) is 12.3 Å². The minimum atomic E-state index is -0.414. The van der Waals surface area contributed by atoms with E-state index >= 15 is 0 Å². The first kappa shape index (κ1) is 14.4. The van der Waals surface area contributed by atoms with Gasteiger partial charge in [-0.15, -0.1) is 0 Å². The molecule has 0 spiro atoms. The highest BCUT2D eigenvalue weighted by Gasteiger charge is 2.14. The van der Waals surface area contributed by atoms with Crippen molar-refractivity contribution in [2.75, 3.05) is 7.11 Å². The molecule has 2 heterocycles. The SMILES string of the molecule is COC(=O)/C=C/c1c(-c2ccccn2)[nH]c2c(Cl)cccc12. The van der Waals surface area contributed by atoms with E-state index < -0.39 is 5.97 Å². The minimum absolute atomic E-state index is 0.414. The van der Waals surface area contributed by atoms with Crippen LogP contribution in [0.3, 0.4) is 0 Å². The summed E-state index contributed by atoms with van der Waals surface area (Å²) in [4.78, 5) is 19.0. The molecule has 3 rings (SSSR count). The van der Waals surface area contributed by atoms with Crippen molar-refractivity contribution in [3.63, 3.8) is 0 Å². The summed E-state index contributed by atoms with van der Waals surface area (Å²) in [5.74, 6) is -0.414. The first-order valence-electron chi connectivity index (χ1n) is 6.68. The molecule has 3 aromatic rings. The van der Waals surface area contributed by atoms with Gasteiger partial charge in [-0.25, -0.2) is 4.79 Å². The smallest absolute Gasteiger partial charge is 0.330 e. The predicted molar refractivity (Wildman–Crippen MR) is 87.6 cm³/mol. The number of benzene rings is 1. The van der Waals surface area contributed by atoms with Crippen molar-refractivity contribution in [2.24, 2.45) is 0 Å². The molecule has 0 aliphatic carbocycles. The fourth-order valence-electron chi connectivity index (χ4n) is 2.31. The Bertz CT molecular complexity index is 854. The number of nitrogens with zero attached hydrogens (tertiary/aromatic N) is 1. The quantitative estimate of drug-likeness (QED) is 0.586. The van der Waals surface area contributed by atoms with E-state index in [0.717, 1.165) is 27.9 Å². The molecule has 2 aromatic heterocycles. The summed E-state index contributed by atoms with van der Waals surface area (Å²) >= 11 is 6.25. The predicted octanol–water partition coefficient (Wildman–Crippen LogP) is 4.07. The van der Waals surface area contributed by atoms with Crippen LogP contribution in [-0.4, -0.2) is 23.0 Å². The number of methoxy groups -OCH3 is 1. The number of rotatable bonds is 3. The second-order valence-electron chi connectivity index (χ2n) is 4.65. The Hall–Kier alpha value is -2.59. The van der Waals surface area contributed by atoms with Crippen LogP contribution in [0, 0.1) is 0 Å². The molecule has 0 atom stereocenters. The van der Waals surface area contributed by atoms with Gasteiger partial charge in [0.25, 0.3) is 0 Å². The zero-order valence-electron chi connectivity index (χ0n) is 11.8. The molecule has 1 aromatic carbocycles. The van der Waals surface area contributed by atoms with Crippen molar-refractivity contribution < 1.29 is 9.53 Å². The zero-order valence-corrected chi connectivity index (χ0v) is 12.6. The number of pyridine rings is 1. The van der Waals surface area contributed by atoms with E-state index in [9.17, 15) is 4.79 Å². The Balaban J connectivity index is 2.24. The third-order valence-corrected chi connectivity index (χ3v) is 3.65. The number of nitrogens with one attached hydrogen (secondary N) is 1. The average molecular weight is 313 g/mol. The van der Waals surface area contributed by atoms with Crippen molar-refractivity contribution >= 4 is 34.5 Å². The summed E-state index contributed by atoms with van der Waals surface area (Å²) in [6.07, 6.45) is 4.82. The second-order valence-corrected chi connectivity index (χ2v) is 5.05. The molecule has 0 fully saturated rings. The molecule has 0 bridgehead atoms. The molecule has 0 radical (unpaired) electrons. The Morgan fingerprint density at radius 1 is 1.27 bits per heavy atom. The number of esters is 1. The topological polar surface area (TPSA) is 55.0 Å². The number of carbonyl (C=O) groups excluding carboxylic acids is 1. The lowest BCUT2D eigenvalue weighted by Gasteiger charge is -1.99. The molecular formula is C17H13ClN2O2. The van der Waals surface area contributed by atoms with Gasteiger partial charge in [0.2, 0.25) is 0 Å². The summed E-state index contributed by atoms with van der Waals surface area (Å²) in [6, 6.07) is 11.3. The number of hydrogen-bond donors (Lipinski definition) is 1. The van der Waals surface area contributed by atoms with Crippen LogP contribution in [0.25, 0.3) is 28.4 Å². The lowest BCUT2D eigenvalue weighted by molar-refractivity contribution is -0.134. The van der Waals surface area contributed by atoms with Gasteiger partial charge in [0.1, 0.15) is 0 Å². The van der Waals surface area contributed by atoms with Gasteiger partial charge in [-0.3, -0.25) is 4.98 Å². The van der Waals surface area contributed by atoms with E-state index in [-0.39, 0.29) is 0 Å². The lowest BCUT2D eigenvalue weighted by Crippen LogP contribution is -1.93. The standard InChI is InChI=1S/C17H13ClN2O2/c1-22-15(21)9-8-12-11-5-4-6-13(18)16(11)20-17(12)14-7-2-3-10-19-14/h2-10,20H,1H3/b9-8+. The van der Waals surface area contributed by atoms with E-state index in [2.05, 4.69) is 14.7 Å². The van der Waals surface area contributed by atoms with E-state index in [1.807, 2.05) is 36.4 Å². The Kier molecular flexibility index (Phi) is 3.94. The Morgan fingerprint density at radius 2 is 2.14 bits per heavy atom. The molecule has 0 unspecified atom stereocenters. The number of hydrogen-bond acceptors (Lipinski definition) is 3. The van der Waals surface area contributed by atoms with Gasteiger partial charge in [0.05, 0.1) is 29.0 Å². The summed E-state index contributed by atoms with van der Waals surface area (Å²) in [5.41, 5.74) is 3.25. The normalized spacial score (nSPS) is 11.2. The highest BCUT2D eigenvalue weighted by Crippen LogP contribution is 2.33. The highest BCUT2D eigenvalue weighted by atomic mass is 35.5. The molecule has 0 aliphatic heterocycles. The number of ether oxygens (including phenoxy) is 1. The van der Waals surface area contributed by atoms with Gasteiger partial charge in [0.15, 0.2) is 0 Å². The van der Waals surface area contributed by atoms with Crippen LogP contribution in [0.1, 0.15) is 5.56 Å². The number of aromatic nitrogens is 2. The van der Waals surface area contributed by atoms with Crippen LogP contribution in [0.2, 0.25) is 5.02 Å². The van der Waals surface area contributed by atoms with Gasteiger partial charge in [-0.1, -0.05) is 29.8 Å². The van der Waals surface area contributed by atoms with Gasteiger partial charge < -0.3 is 9.72 Å². The van der Waals surface area contributed by atoms with Crippen LogP contribution in [0.15, 0.2) is 48.7 Å². The van der Waals surface area contributed by atoms with Gasteiger partial charge in [-0.2, -0.15) is 0 Å². The Morgan fingerprint density at radius 3 is 2.86 bits per heavy atom. The number of H-pyrrole nitrogens is 1. The maximum Gasteiger partial charge on any atom is 0.330 e. The van der Waals surface area contributed by atoms with E-state index in [0.29, 0.717) is 5.02 Å². The lowest BCUT2D eigenvalue weighted by atomic mass is 10.1. The van der Waals surface area contributed by atoms with Crippen molar-refractivity contribution in [3.05, 3.63) is 59.3 Å². The van der Waals surface area contributed by atoms with Crippen LogP contribution < -0.4 is 0 Å². The summed E-state index contributed by atoms with van der Waals surface area (Å²) in [5, 5.41) is 1.54. The highest BCUT2D eigenvalue weighted by molar-refractivity contribution is 6.35. The molecule has 110 valence electrons. The fraction of sp³-hybridized carbons (Fsp3) is 0.0588. The maximum absolute atomic E-state index is 11.4. The third-order valence-electron chi connectivity index (χ3n) is 3.33.